The predicted molar refractivity (Wildman–Crippen MR) is 85.8 cm³/mol. The largest absolute Gasteiger partial charge is 0.379 e. The number of carbonyl (C=O) groups is 1. The number of thiazole rings is 1. The number of morpholine rings is 1. The minimum absolute atomic E-state index is 0.0968. The summed E-state index contributed by atoms with van der Waals surface area (Å²) in [5, 5.41) is 3.78. The number of ether oxygens (including phenoxy) is 1. The normalized spacial score (nSPS) is 15.9. The average molecular weight is 320 g/mol. The zero-order valence-corrected chi connectivity index (χ0v) is 13.4. The van der Waals surface area contributed by atoms with Crippen LogP contribution in [0.4, 0.5) is 0 Å². The van der Waals surface area contributed by atoms with Crippen molar-refractivity contribution in [3.8, 4) is 5.13 Å². The summed E-state index contributed by atoms with van der Waals surface area (Å²) in [5.41, 5.74) is 0.524. The molecule has 1 fully saturated rings. The van der Waals surface area contributed by atoms with E-state index in [1.54, 1.807) is 0 Å². The van der Waals surface area contributed by atoms with Crippen LogP contribution >= 0.6 is 11.3 Å². The molecule has 1 amide bonds. The van der Waals surface area contributed by atoms with Crippen LogP contribution in [0.25, 0.3) is 5.13 Å². The lowest BCUT2D eigenvalue weighted by Gasteiger charge is -2.26. The standard InChI is InChI=1S/C15H20N4O2S/c1-12-13(17-15(22-12)19-5-2-3-6-19)14(20)16-4-7-18-8-10-21-11-9-18/h2-3,5-6H,4,7-11H2,1H3,(H,16,20). The van der Waals surface area contributed by atoms with Gasteiger partial charge in [-0.15, -0.1) is 11.3 Å². The Morgan fingerprint density at radius 2 is 2.09 bits per heavy atom. The minimum atomic E-state index is -0.0968. The first-order valence-electron chi connectivity index (χ1n) is 7.43. The SMILES string of the molecule is Cc1sc(-n2cccc2)nc1C(=O)NCCN1CCOCC1. The van der Waals surface area contributed by atoms with Crippen molar-refractivity contribution in [1.82, 2.24) is 19.8 Å². The van der Waals surface area contributed by atoms with E-state index in [0.29, 0.717) is 12.2 Å². The molecule has 0 atom stereocenters. The van der Waals surface area contributed by atoms with Gasteiger partial charge in [0.1, 0.15) is 5.69 Å². The Hall–Kier alpha value is -1.70. The number of nitrogens with one attached hydrogen (secondary N) is 1. The van der Waals surface area contributed by atoms with Gasteiger partial charge in [0.05, 0.1) is 13.2 Å². The van der Waals surface area contributed by atoms with Crippen molar-refractivity contribution in [3.05, 3.63) is 35.1 Å². The quantitative estimate of drug-likeness (QED) is 0.902. The molecule has 118 valence electrons. The molecule has 1 saturated heterocycles. The van der Waals surface area contributed by atoms with Crippen LogP contribution in [0.5, 0.6) is 0 Å². The zero-order chi connectivity index (χ0) is 15.4. The molecule has 1 aliphatic heterocycles. The lowest BCUT2D eigenvalue weighted by atomic mass is 10.3. The summed E-state index contributed by atoms with van der Waals surface area (Å²) in [7, 11) is 0. The zero-order valence-electron chi connectivity index (χ0n) is 12.6. The fourth-order valence-electron chi connectivity index (χ4n) is 2.40. The maximum atomic E-state index is 12.3. The van der Waals surface area contributed by atoms with E-state index in [-0.39, 0.29) is 5.91 Å². The molecule has 2 aromatic heterocycles. The van der Waals surface area contributed by atoms with Gasteiger partial charge in [0, 0.05) is 43.4 Å². The second-order valence-electron chi connectivity index (χ2n) is 5.20. The molecule has 2 aromatic rings. The van der Waals surface area contributed by atoms with Gasteiger partial charge >= 0.3 is 0 Å². The molecule has 6 nitrogen and oxygen atoms in total. The fraction of sp³-hybridized carbons (Fsp3) is 0.467. The lowest BCUT2D eigenvalue weighted by molar-refractivity contribution is 0.0383. The van der Waals surface area contributed by atoms with Crippen molar-refractivity contribution in [2.75, 3.05) is 39.4 Å². The molecule has 0 saturated carbocycles. The molecule has 0 radical (unpaired) electrons. The summed E-state index contributed by atoms with van der Waals surface area (Å²) in [6, 6.07) is 3.89. The van der Waals surface area contributed by atoms with E-state index in [2.05, 4.69) is 15.2 Å². The summed E-state index contributed by atoms with van der Waals surface area (Å²) >= 11 is 1.53. The highest BCUT2D eigenvalue weighted by atomic mass is 32.1. The summed E-state index contributed by atoms with van der Waals surface area (Å²) in [4.78, 5) is 20.0. The third kappa shape index (κ3) is 3.55. The number of hydrogen-bond donors (Lipinski definition) is 1. The van der Waals surface area contributed by atoms with E-state index >= 15 is 0 Å². The number of aromatic nitrogens is 2. The van der Waals surface area contributed by atoms with Gasteiger partial charge in [0.2, 0.25) is 0 Å². The fourth-order valence-corrected chi connectivity index (χ4v) is 3.27. The van der Waals surface area contributed by atoms with Gasteiger partial charge in [-0.1, -0.05) is 0 Å². The van der Waals surface area contributed by atoms with E-state index in [1.165, 1.54) is 11.3 Å². The molecular formula is C15H20N4O2S. The van der Waals surface area contributed by atoms with Crippen molar-refractivity contribution in [1.29, 1.82) is 0 Å². The molecule has 3 rings (SSSR count). The lowest BCUT2D eigenvalue weighted by Crippen LogP contribution is -2.41. The first kappa shape index (κ1) is 15.2. The topological polar surface area (TPSA) is 59.4 Å². The monoisotopic (exact) mass is 320 g/mol. The molecule has 0 unspecified atom stereocenters. The van der Waals surface area contributed by atoms with Gasteiger partial charge in [-0.25, -0.2) is 4.98 Å². The third-order valence-electron chi connectivity index (χ3n) is 3.64. The molecule has 7 heteroatoms. The van der Waals surface area contributed by atoms with Gasteiger partial charge in [0.15, 0.2) is 5.13 Å². The van der Waals surface area contributed by atoms with Crippen molar-refractivity contribution in [2.45, 2.75) is 6.92 Å². The minimum Gasteiger partial charge on any atom is -0.379 e. The second-order valence-corrected chi connectivity index (χ2v) is 6.38. The van der Waals surface area contributed by atoms with Crippen molar-refractivity contribution in [2.24, 2.45) is 0 Å². The third-order valence-corrected chi connectivity index (χ3v) is 4.63. The highest BCUT2D eigenvalue weighted by molar-refractivity contribution is 7.14. The highest BCUT2D eigenvalue weighted by Gasteiger charge is 2.16. The van der Waals surface area contributed by atoms with Crippen molar-refractivity contribution < 1.29 is 9.53 Å². The maximum absolute atomic E-state index is 12.3. The van der Waals surface area contributed by atoms with Gasteiger partial charge in [-0.2, -0.15) is 0 Å². The van der Waals surface area contributed by atoms with Gasteiger partial charge in [0.25, 0.3) is 5.91 Å². The molecule has 0 spiro atoms. The Morgan fingerprint density at radius 3 is 2.82 bits per heavy atom. The number of nitrogens with zero attached hydrogens (tertiary/aromatic N) is 3. The number of hydrogen-bond acceptors (Lipinski definition) is 5. The Balaban J connectivity index is 1.55. The van der Waals surface area contributed by atoms with Crippen molar-refractivity contribution >= 4 is 17.2 Å². The maximum Gasteiger partial charge on any atom is 0.271 e. The molecule has 0 aliphatic carbocycles. The second kappa shape index (κ2) is 7.04. The summed E-state index contributed by atoms with van der Waals surface area (Å²) in [5.74, 6) is -0.0968. The van der Waals surface area contributed by atoms with Gasteiger partial charge in [-0.3, -0.25) is 9.69 Å². The van der Waals surface area contributed by atoms with E-state index in [4.69, 9.17) is 4.74 Å². The highest BCUT2D eigenvalue weighted by Crippen LogP contribution is 2.21. The van der Waals surface area contributed by atoms with Crippen molar-refractivity contribution in [3.63, 3.8) is 0 Å². The van der Waals surface area contributed by atoms with Crippen LogP contribution in [0.1, 0.15) is 15.4 Å². The number of rotatable bonds is 5. The Morgan fingerprint density at radius 1 is 1.36 bits per heavy atom. The van der Waals surface area contributed by atoms with Crippen LogP contribution in [0, 0.1) is 6.92 Å². The van der Waals surface area contributed by atoms with Crippen LogP contribution in [-0.2, 0) is 4.74 Å². The van der Waals surface area contributed by atoms with Crippen LogP contribution in [0.15, 0.2) is 24.5 Å². The predicted octanol–water partition coefficient (Wildman–Crippen LogP) is 1.30. The van der Waals surface area contributed by atoms with E-state index < -0.39 is 0 Å². The van der Waals surface area contributed by atoms with Gasteiger partial charge < -0.3 is 14.6 Å². The molecule has 0 bridgehead atoms. The Bertz CT molecular complexity index is 618. The van der Waals surface area contributed by atoms with E-state index in [0.717, 1.165) is 42.9 Å². The van der Waals surface area contributed by atoms with E-state index in [9.17, 15) is 4.79 Å². The Labute approximate surface area is 133 Å². The summed E-state index contributed by atoms with van der Waals surface area (Å²) in [6.07, 6.45) is 3.86. The van der Waals surface area contributed by atoms with Gasteiger partial charge in [-0.05, 0) is 19.1 Å². The Kier molecular flexibility index (Phi) is 4.87. The molecule has 0 aromatic carbocycles. The van der Waals surface area contributed by atoms with Crippen LogP contribution in [0.2, 0.25) is 0 Å². The molecule has 22 heavy (non-hydrogen) atoms. The molecule has 3 heterocycles. The van der Waals surface area contributed by atoms with E-state index in [1.807, 2.05) is 36.0 Å². The van der Waals surface area contributed by atoms with Crippen LogP contribution < -0.4 is 5.32 Å². The number of carbonyl (C=O) groups excluding carboxylic acids is 1. The summed E-state index contributed by atoms with van der Waals surface area (Å²) in [6.45, 7) is 6.84. The smallest absolute Gasteiger partial charge is 0.271 e. The average Bonchev–Trinajstić information content (AvgIpc) is 3.17. The summed E-state index contributed by atoms with van der Waals surface area (Å²) < 4.78 is 7.23. The van der Waals surface area contributed by atoms with Crippen LogP contribution in [0.3, 0.4) is 0 Å². The number of aryl methyl sites for hydroxylation is 1. The molecular weight excluding hydrogens is 300 g/mol. The molecule has 1 N–H and O–H groups in total. The molecule has 1 aliphatic rings. The number of amides is 1. The first-order valence-corrected chi connectivity index (χ1v) is 8.25. The first-order chi connectivity index (χ1) is 10.7. The van der Waals surface area contributed by atoms with Crippen LogP contribution in [-0.4, -0.2) is 59.8 Å².